The Balaban J connectivity index is 2.67. The third-order valence-electron chi connectivity index (χ3n) is 2.57. The Morgan fingerprint density at radius 3 is 2.14 bits per heavy atom. The summed E-state index contributed by atoms with van der Waals surface area (Å²) >= 11 is 0. The molecule has 0 radical (unpaired) electrons. The lowest BCUT2D eigenvalue weighted by molar-refractivity contribution is -0.118. The predicted molar refractivity (Wildman–Crippen MR) is 50.6 cm³/mol. The van der Waals surface area contributed by atoms with E-state index >= 15 is 0 Å². The van der Waals surface area contributed by atoms with E-state index in [-0.39, 0.29) is 12.6 Å². The van der Waals surface area contributed by atoms with Crippen molar-refractivity contribution in [3.63, 3.8) is 0 Å². The zero-order valence-electron chi connectivity index (χ0n) is 7.87. The molecule has 1 aliphatic rings. The molecule has 5 heteroatoms. The molecule has 0 spiro atoms. The van der Waals surface area contributed by atoms with Gasteiger partial charge in [-0.3, -0.25) is 0 Å². The molecule has 1 heterocycles. The highest BCUT2D eigenvalue weighted by molar-refractivity contribution is 4.99. The highest BCUT2D eigenvalue weighted by Gasteiger charge is 2.41. The molecule has 1 rings (SSSR count). The van der Waals surface area contributed by atoms with Crippen LogP contribution >= 0.6 is 0 Å². The molecule has 5 nitrogen and oxygen atoms in total. The fraction of sp³-hybridized carbons (Fsp3) is 0.778. The summed E-state index contributed by atoms with van der Waals surface area (Å²) in [5.74, 6) is 0. The second-order valence-electron chi connectivity index (χ2n) is 3.56. The van der Waals surface area contributed by atoms with Crippen molar-refractivity contribution in [3.05, 3.63) is 12.7 Å². The maximum Gasteiger partial charge on any atom is 0.109 e. The van der Waals surface area contributed by atoms with Gasteiger partial charge >= 0.3 is 0 Å². The standard InChI is InChI=1S/C9H17NO4/c1-2-3-5-7(12)9(14)8(13)6(4-11)10-5/h2,5-14H,1,3-4H2/t5?,6-,7-,8-,9-/m1/s1. The molecule has 1 fully saturated rings. The number of nitrogens with one attached hydrogen (secondary N) is 1. The number of hydrogen-bond acceptors (Lipinski definition) is 5. The Hall–Kier alpha value is -0.460. The summed E-state index contributed by atoms with van der Waals surface area (Å²) in [5.41, 5.74) is 0. The van der Waals surface area contributed by atoms with Gasteiger partial charge in [0.05, 0.1) is 24.9 Å². The van der Waals surface area contributed by atoms with Gasteiger partial charge in [-0.15, -0.1) is 6.58 Å². The molecule has 1 unspecified atom stereocenters. The van der Waals surface area contributed by atoms with Gasteiger partial charge in [-0.05, 0) is 6.42 Å². The molecular weight excluding hydrogens is 186 g/mol. The Kier molecular flexibility index (Phi) is 4.03. The van der Waals surface area contributed by atoms with Crippen molar-refractivity contribution >= 4 is 0 Å². The van der Waals surface area contributed by atoms with Crippen molar-refractivity contribution in [1.29, 1.82) is 0 Å². The van der Waals surface area contributed by atoms with Crippen LogP contribution in [0.2, 0.25) is 0 Å². The third kappa shape index (κ3) is 2.13. The monoisotopic (exact) mass is 203 g/mol. The van der Waals surface area contributed by atoms with E-state index < -0.39 is 24.4 Å². The molecule has 0 aromatic carbocycles. The number of aliphatic hydroxyl groups is 4. The first-order chi connectivity index (χ1) is 6.61. The van der Waals surface area contributed by atoms with Gasteiger partial charge in [0.15, 0.2) is 0 Å². The van der Waals surface area contributed by atoms with Gasteiger partial charge in [0, 0.05) is 6.04 Å². The Labute approximate surface area is 82.7 Å². The van der Waals surface area contributed by atoms with Crippen LogP contribution in [0.25, 0.3) is 0 Å². The van der Waals surface area contributed by atoms with Crippen LogP contribution in [0.4, 0.5) is 0 Å². The van der Waals surface area contributed by atoms with Crippen molar-refractivity contribution < 1.29 is 20.4 Å². The molecule has 0 aromatic rings. The van der Waals surface area contributed by atoms with E-state index in [4.69, 9.17) is 5.11 Å². The number of hydrogen-bond donors (Lipinski definition) is 5. The van der Waals surface area contributed by atoms with Gasteiger partial charge in [-0.1, -0.05) is 6.08 Å². The largest absolute Gasteiger partial charge is 0.395 e. The molecule has 5 atom stereocenters. The fourth-order valence-corrected chi connectivity index (χ4v) is 1.70. The molecule has 1 aliphatic heterocycles. The quantitative estimate of drug-likeness (QED) is 0.341. The molecule has 82 valence electrons. The van der Waals surface area contributed by atoms with E-state index in [1.807, 2.05) is 0 Å². The first-order valence-corrected chi connectivity index (χ1v) is 4.63. The molecule has 0 aromatic heterocycles. The summed E-state index contributed by atoms with van der Waals surface area (Å²) in [6, 6.07) is -0.971. The van der Waals surface area contributed by atoms with Gasteiger partial charge in [0.1, 0.15) is 6.10 Å². The van der Waals surface area contributed by atoms with E-state index in [1.54, 1.807) is 6.08 Å². The molecule has 0 aliphatic carbocycles. The van der Waals surface area contributed by atoms with Gasteiger partial charge in [0.25, 0.3) is 0 Å². The molecule has 14 heavy (non-hydrogen) atoms. The van der Waals surface area contributed by atoms with Crippen LogP contribution in [0.3, 0.4) is 0 Å². The maximum absolute atomic E-state index is 9.55. The summed E-state index contributed by atoms with van der Waals surface area (Å²) in [6.45, 7) is 3.25. The van der Waals surface area contributed by atoms with Crippen LogP contribution in [0, 0.1) is 0 Å². The topological polar surface area (TPSA) is 93.0 Å². The predicted octanol–water partition coefficient (Wildman–Crippen LogP) is -2.02. The van der Waals surface area contributed by atoms with E-state index in [0.29, 0.717) is 6.42 Å². The lowest BCUT2D eigenvalue weighted by atomic mass is 9.89. The van der Waals surface area contributed by atoms with E-state index in [9.17, 15) is 15.3 Å². The van der Waals surface area contributed by atoms with Crippen LogP contribution in [0.15, 0.2) is 12.7 Å². The fourth-order valence-electron chi connectivity index (χ4n) is 1.70. The number of rotatable bonds is 3. The minimum absolute atomic E-state index is 0.279. The van der Waals surface area contributed by atoms with Crippen molar-refractivity contribution in [1.82, 2.24) is 5.32 Å². The minimum atomic E-state index is -1.22. The Morgan fingerprint density at radius 1 is 1.07 bits per heavy atom. The maximum atomic E-state index is 9.55. The van der Waals surface area contributed by atoms with Crippen molar-refractivity contribution in [2.45, 2.75) is 36.8 Å². The van der Waals surface area contributed by atoms with Crippen LogP contribution in [-0.2, 0) is 0 Å². The van der Waals surface area contributed by atoms with Crippen LogP contribution in [0.5, 0.6) is 0 Å². The summed E-state index contributed by atoms with van der Waals surface area (Å²) in [6.07, 6.45) is -1.32. The highest BCUT2D eigenvalue weighted by atomic mass is 16.4. The molecule has 0 amide bonds. The van der Waals surface area contributed by atoms with Gasteiger partial charge < -0.3 is 25.7 Å². The summed E-state index contributed by atoms with van der Waals surface area (Å²) in [4.78, 5) is 0. The van der Waals surface area contributed by atoms with Crippen molar-refractivity contribution in [2.24, 2.45) is 0 Å². The first kappa shape index (κ1) is 11.6. The summed E-state index contributed by atoms with van der Waals surface area (Å²) in [5, 5.41) is 40.2. The SMILES string of the molecule is C=CCC1N[C@H](CO)[C@@H](O)[C@H](O)[C@@H]1O. The zero-order valence-corrected chi connectivity index (χ0v) is 7.87. The van der Waals surface area contributed by atoms with Gasteiger partial charge in [-0.2, -0.15) is 0 Å². The number of aliphatic hydroxyl groups excluding tert-OH is 4. The molecule has 5 N–H and O–H groups in total. The van der Waals surface area contributed by atoms with Crippen molar-refractivity contribution in [3.8, 4) is 0 Å². The molecule has 1 saturated heterocycles. The van der Waals surface area contributed by atoms with E-state index in [2.05, 4.69) is 11.9 Å². The summed E-state index contributed by atoms with van der Waals surface area (Å²) < 4.78 is 0. The summed E-state index contributed by atoms with van der Waals surface area (Å²) in [7, 11) is 0. The van der Waals surface area contributed by atoms with Crippen molar-refractivity contribution in [2.75, 3.05) is 6.61 Å². The van der Waals surface area contributed by atoms with E-state index in [0.717, 1.165) is 0 Å². The smallest absolute Gasteiger partial charge is 0.109 e. The highest BCUT2D eigenvalue weighted by Crippen LogP contribution is 2.17. The first-order valence-electron chi connectivity index (χ1n) is 4.63. The third-order valence-corrected chi connectivity index (χ3v) is 2.57. The lowest BCUT2D eigenvalue weighted by Crippen LogP contribution is -2.65. The lowest BCUT2D eigenvalue weighted by Gasteiger charge is -2.40. The second kappa shape index (κ2) is 4.86. The van der Waals surface area contributed by atoms with E-state index in [1.165, 1.54) is 0 Å². The molecule has 0 saturated carbocycles. The average molecular weight is 203 g/mol. The molecular formula is C9H17NO4. The average Bonchev–Trinajstić information content (AvgIpc) is 2.19. The van der Waals surface area contributed by atoms with Crippen LogP contribution < -0.4 is 5.32 Å². The molecule has 0 bridgehead atoms. The van der Waals surface area contributed by atoms with Gasteiger partial charge in [-0.25, -0.2) is 0 Å². The minimum Gasteiger partial charge on any atom is -0.395 e. The van der Waals surface area contributed by atoms with Crippen LogP contribution in [0.1, 0.15) is 6.42 Å². The van der Waals surface area contributed by atoms with Crippen LogP contribution in [-0.4, -0.2) is 57.4 Å². The normalized spacial score (nSPS) is 43.6. The van der Waals surface area contributed by atoms with Gasteiger partial charge in [0.2, 0.25) is 0 Å². The Bertz CT molecular complexity index is 197. The Morgan fingerprint density at radius 2 is 1.64 bits per heavy atom. The number of piperidine rings is 1. The zero-order chi connectivity index (χ0) is 10.7. The second-order valence-corrected chi connectivity index (χ2v) is 3.56.